The van der Waals surface area contributed by atoms with Crippen LogP contribution in [-0.4, -0.2) is 54.0 Å². The van der Waals surface area contributed by atoms with Crippen LogP contribution < -0.4 is 4.90 Å². The molecule has 1 aliphatic rings. The number of hydrogen-bond acceptors (Lipinski definition) is 6. The summed E-state index contributed by atoms with van der Waals surface area (Å²) in [7, 11) is 0. The van der Waals surface area contributed by atoms with E-state index in [1.54, 1.807) is 11.8 Å². The summed E-state index contributed by atoms with van der Waals surface area (Å²) in [5.41, 5.74) is 2.61. The van der Waals surface area contributed by atoms with E-state index < -0.39 is 12.1 Å². The van der Waals surface area contributed by atoms with Gasteiger partial charge in [-0.2, -0.15) is 0 Å². The number of piperazine rings is 1. The van der Waals surface area contributed by atoms with Gasteiger partial charge in [-0.3, -0.25) is 9.59 Å². The van der Waals surface area contributed by atoms with Crippen LogP contribution in [0.2, 0.25) is 0 Å². The molecule has 1 aliphatic heterocycles. The summed E-state index contributed by atoms with van der Waals surface area (Å²) in [6, 6.07) is 17.6. The predicted octanol–water partition coefficient (Wildman–Crippen LogP) is 3.04. The van der Waals surface area contributed by atoms with Crippen molar-refractivity contribution in [2.45, 2.75) is 25.9 Å². The number of benzene rings is 2. The van der Waals surface area contributed by atoms with Gasteiger partial charge in [0.15, 0.2) is 17.6 Å². The average molecular weight is 407 g/mol. The Bertz CT molecular complexity index is 976. The van der Waals surface area contributed by atoms with E-state index in [1.807, 2.05) is 42.5 Å². The quantitative estimate of drug-likeness (QED) is 0.585. The van der Waals surface area contributed by atoms with Crippen LogP contribution in [0.25, 0.3) is 11.1 Å². The number of esters is 1. The number of nitrogens with zero attached hydrogens (tertiary/aromatic N) is 3. The van der Waals surface area contributed by atoms with Gasteiger partial charge >= 0.3 is 5.97 Å². The topological polar surface area (TPSA) is 75.9 Å². The molecule has 30 heavy (non-hydrogen) atoms. The molecule has 2 heterocycles. The Balaban J connectivity index is 1.23. The van der Waals surface area contributed by atoms with E-state index in [0.717, 1.165) is 24.3 Å². The molecule has 3 aromatic rings. The highest BCUT2D eigenvalue weighted by Crippen LogP contribution is 2.17. The summed E-state index contributed by atoms with van der Waals surface area (Å²) >= 11 is 0. The van der Waals surface area contributed by atoms with Crippen LogP contribution in [0.15, 0.2) is 59.0 Å². The minimum Gasteiger partial charge on any atom is -0.453 e. The van der Waals surface area contributed by atoms with Crippen molar-refractivity contribution in [3.63, 3.8) is 0 Å². The molecule has 0 N–H and O–H groups in total. The van der Waals surface area contributed by atoms with Crippen molar-refractivity contribution in [3.05, 3.63) is 60.5 Å². The lowest BCUT2D eigenvalue weighted by Crippen LogP contribution is -2.51. The number of rotatable bonds is 6. The molecule has 2 aromatic carbocycles. The van der Waals surface area contributed by atoms with E-state index in [2.05, 4.69) is 22.0 Å². The van der Waals surface area contributed by atoms with Gasteiger partial charge in [-0.05, 0) is 31.2 Å². The van der Waals surface area contributed by atoms with Crippen molar-refractivity contribution in [1.29, 1.82) is 0 Å². The van der Waals surface area contributed by atoms with E-state index in [1.165, 1.54) is 0 Å². The normalized spacial score (nSPS) is 15.2. The Morgan fingerprint density at radius 2 is 1.73 bits per heavy atom. The fourth-order valence-corrected chi connectivity index (χ4v) is 3.62. The Kier molecular flexibility index (Phi) is 5.97. The van der Waals surface area contributed by atoms with Gasteiger partial charge in [0.05, 0.1) is 6.42 Å². The summed E-state index contributed by atoms with van der Waals surface area (Å²) in [4.78, 5) is 33.2. The zero-order chi connectivity index (χ0) is 20.9. The lowest BCUT2D eigenvalue weighted by molar-refractivity contribution is -0.159. The number of oxazole rings is 1. The zero-order valence-electron chi connectivity index (χ0n) is 17.0. The molecule has 4 rings (SSSR count). The van der Waals surface area contributed by atoms with Crippen molar-refractivity contribution >= 4 is 28.7 Å². The molecule has 1 fully saturated rings. The molecule has 156 valence electrons. The van der Waals surface area contributed by atoms with Crippen LogP contribution in [-0.2, 0) is 20.7 Å². The number of amides is 1. The van der Waals surface area contributed by atoms with E-state index >= 15 is 0 Å². The third-order valence-corrected chi connectivity index (χ3v) is 5.25. The maximum Gasteiger partial charge on any atom is 0.307 e. The van der Waals surface area contributed by atoms with Crippen LogP contribution in [0, 0.1) is 0 Å². The molecule has 1 atom stereocenters. The molecule has 1 amide bonds. The minimum atomic E-state index is -0.801. The molecule has 0 radical (unpaired) electrons. The first-order valence-corrected chi connectivity index (χ1v) is 10.2. The highest BCUT2D eigenvalue weighted by Gasteiger charge is 2.27. The van der Waals surface area contributed by atoms with E-state index in [0.29, 0.717) is 31.0 Å². The van der Waals surface area contributed by atoms with E-state index in [-0.39, 0.29) is 12.3 Å². The number of anilines is 1. The summed E-state index contributed by atoms with van der Waals surface area (Å²) in [5, 5.41) is 0. The third kappa shape index (κ3) is 4.62. The van der Waals surface area contributed by atoms with Crippen molar-refractivity contribution < 1.29 is 18.7 Å². The van der Waals surface area contributed by atoms with Crippen molar-refractivity contribution in [2.75, 3.05) is 31.1 Å². The number of carbonyl (C=O) groups is 2. The molecule has 0 aliphatic carbocycles. The van der Waals surface area contributed by atoms with E-state index in [4.69, 9.17) is 9.15 Å². The average Bonchev–Trinajstić information content (AvgIpc) is 3.21. The Hall–Kier alpha value is -3.35. The molecule has 0 spiro atoms. The highest BCUT2D eigenvalue weighted by atomic mass is 16.5. The SMILES string of the molecule is C[C@H](OC(=O)CCc1nc2ccccc2o1)C(=O)N1CCN(c2ccccc2)CC1. The van der Waals surface area contributed by atoms with Gasteiger partial charge in [0.2, 0.25) is 0 Å². The van der Waals surface area contributed by atoms with Gasteiger partial charge in [0.1, 0.15) is 5.52 Å². The van der Waals surface area contributed by atoms with Gasteiger partial charge in [-0.15, -0.1) is 0 Å². The Morgan fingerprint density at radius 3 is 2.47 bits per heavy atom. The van der Waals surface area contributed by atoms with Gasteiger partial charge in [0.25, 0.3) is 5.91 Å². The fourth-order valence-electron chi connectivity index (χ4n) is 3.62. The second kappa shape index (κ2) is 8.98. The monoisotopic (exact) mass is 407 g/mol. The standard InChI is InChI=1S/C23H25N3O4/c1-17(23(28)26-15-13-25(14-16-26)18-7-3-2-4-8-18)29-22(27)12-11-21-24-19-9-5-6-10-20(19)30-21/h2-10,17H,11-16H2,1H3/t17-/m0/s1. The van der Waals surface area contributed by atoms with Crippen molar-refractivity contribution in [2.24, 2.45) is 0 Å². The molecule has 7 heteroatoms. The number of aryl methyl sites for hydroxylation is 1. The van der Waals surface area contributed by atoms with Crippen LogP contribution in [0.3, 0.4) is 0 Å². The zero-order valence-corrected chi connectivity index (χ0v) is 17.0. The lowest BCUT2D eigenvalue weighted by Gasteiger charge is -2.37. The van der Waals surface area contributed by atoms with Crippen LogP contribution in [0.5, 0.6) is 0 Å². The summed E-state index contributed by atoms with van der Waals surface area (Å²) in [5.74, 6) is -0.0943. The van der Waals surface area contributed by atoms with Crippen LogP contribution >= 0.6 is 0 Å². The summed E-state index contributed by atoms with van der Waals surface area (Å²) in [6.07, 6.45) is -0.347. The molecule has 1 aromatic heterocycles. The molecule has 1 saturated heterocycles. The number of hydrogen-bond donors (Lipinski definition) is 0. The second-order valence-electron chi connectivity index (χ2n) is 7.36. The number of carbonyl (C=O) groups excluding carboxylic acids is 2. The van der Waals surface area contributed by atoms with Crippen LogP contribution in [0.4, 0.5) is 5.69 Å². The Labute approximate surface area is 175 Å². The van der Waals surface area contributed by atoms with Crippen LogP contribution in [0.1, 0.15) is 19.2 Å². The molecule has 0 saturated carbocycles. The lowest BCUT2D eigenvalue weighted by atomic mass is 10.2. The molecular formula is C23H25N3O4. The third-order valence-electron chi connectivity index (χ3n) is 5.25. The van der Waals surface area contributed by atoms with Crippen molar-refractivity contribution in [3.8, 4) is 0 Å². The number of aromatic nitrogens is 1. The molecule has 0 bridgehead atoms. The smallest absolute Gasteiger partial charge is 0.307 e. The minimum absolute atomic E-state index is 0.117. The van der Waals surface area contributed by atoms with Gasteiger partial charge in [0, 0.05) is 38.3 Å². The summed E-state index contributed by atoms with van der Waals surface area (Å²) < 4.78 is 11.0. The number of para-hydroxylation sites is 3. The van der Waals surface area contributed by atoms with E-state index in [9.17, 15) is 9.59 Å². The van der Waals surface area contributed by atoms with Gasteiger partial charge in [-0.1, -0.05) is 30.3 Å². The second-order valence-corrected chi connectivity index (χ2v) is 7.36. The highest BCUT2D eigenvalue weighted by molar-refractivity contribution is 5.83. The van der Waals surface area contributed by atoms with Crippen molar-refractivity contribution in [1.82, 2.24) is 9.88 Å². The largest absolute Gasteiger partial charge is 0.453 e. The van der Waals surface area contributed by atoms with Gasteiger partial charge < -0.3 is 19.0 Å². The maximum atomic E-state index is 12.7. The van der Waals surface area contributed by atoms with Gasteiger partial charge in [-0.25, -0.2) is 4.98 Å². The first-order valence-electron chi connectivity index (χ1n) is 10.2. The first kappa shape index (κ1) is 19.9. The predicted molar refractivity (Wildman–Crippen MR) is 113 cm³/mol. The Morgan fingerprint density at radius 1 is 1.03 bits per heavy atom. The maximum absolute atomic E-state index is 12.7. The molecular weight excluding hydrogens is 382 g/mol. The molecule has 0 unspecified atom stereocenters. The number of ether oxygens (including phenoxy) is 1. The molecule has 7 nitrogen and oxygen atoms in total. The fraction of sp³-hybridized carbons (Fsp3) is 0.348. The summed E-state index contributed by atoms with van der Waals surface area (Å²) in [6.45, 7) is 4.36. The first-order chi connectivity index (χ1) is 14.6. The number of fused-ring (bicyclic) bond motifs is 1.